The van der Waals surface area contributed by atoms with Gasteiger partial charge in [0.15, 0.2) is 0 Å². The van der Waals surface area contributed by atoms with Gasteiger partial charge < -0.3 is 10.6 Å². The van der Waals surface area contributed by atoms with Crippen molar-refractivity contribution < 1.29 is 9.72 Å². The van der Waals surface area contributed by atoms with Crippen LogP contribution in [0.4, 0.5) is 17.1 Å². The summed E-state index contributed by atoms with van der Waals surface area (Å²) in [6.07, 6.45) is 0. The van der Waals surface area contributed by atoms with Crippen LogP contribution in [0.3, 0.4) is 0 Å². The average molecular weight is 320 g/mol. The second-order valence-corrected chi connectivity index (χ2v) is 5.11. The van der Waals surface area contributed by atoms with Crippen molar-refractivity contribution in [2.75, 3.05) is 10.6 Å². The zero-order valence-corrected chi connectivity index (χ0v) is 12.5. The van der Waals surface area contributed by atoms with Crippen LogP contribution in [0.5, 0.6) is 0 Å². The van der Waals surface area contributed by atoms with Crippen LogP contribution in [0.25, 0.3) is 0 Å². The molecule has 114 valence electrons. The molecule has 0 fully saturated rings. The molecule has 0 aromatic heterocycles. The van der Waals surface area contributed by atoms with E-state index in [2.05, 4.69) is 10.6 Å². The topological polar surface area (TPSA) is 84.3 Å². The molecule has 7 heteroatoms. The number of carbonyl (C=O) groups excluding carboxylic acids is 1. The van der Waals surface area contributed by atoms with Crippen LogP contribution in [0.1, 0.15) is 6.92 Å². The predicted octanol–water partition coefficient (Wildman–Crippen LogP) is 3.69. The summed E-state index contributed by atoms with van der Waals surface area (Å²) in [6, 6.07) is 12.2. The molecule has 2 aromatic carbocycles. The summed E-state index contributed by atoms with van der Waals surface area (Å²) in [5.41, 5.74) is 1.06. The van der Waals surface area contributed by atoms with E-state index in [1.807, 2.05) is 0 Å². The Labute approximate surface area is 132 Å². The molecule has 0 saturated heterocycles. The van der Waals surface area contributed by atoms with E-state index in [0.717, 1.165) is 0 Å². The highest BCUT2D eigenvalue weighted by Gasteiger charge is 2.14. The first kappa shape index (κ1) is 15.8. The Bertz CT molecular complexity index is 706. The first-order valence-corrected chi connectivity index (χ1v) is 6.91. The number of hydrogen-bond acceptors (Lipinski definition) is 4. The third-order valence-electron chi connectivity index (χ3n) is 2.93. The van der Waals surface area contributed by atoms with E-state index in [9.17, 15) is 14.9 Å². The number of non-ortho nitro benzene ring substituents is 1. The van der Waals surface area contributed by atoms with Gasteiger partial charge in [0.2, 0.25) is 5.91 Å². The third kappa shape index (κ3) is 4.20. The molecule has 1 amide bonds. The Balaban J connectivity index is 2.02. The molecule has 0 bridgehead atoms. The lowest BCUT2D eigenvalue weighted by Gasteiger charge is -2.15. The van der Waals surface area contributed by atoms with E-state index in [1.165, 1.54) is 12.1 Å². The lowest BCUT2D eigenvalue weighted by molar-refractivity contribution is -0.384. The molecule has 0 radical (unpaired) electrons. The van der Waals surface area contributed by atoms with Crippen LogP contribution < -0.4 is 10.6 Å². The molecule has 0 unspecified atom stereocenters. The van der Waals surface area contributed by atoms with Crippen LogP contribution in [-0.2, 0) is 4.79 Å². The molecule has 0 saturated carbocycles. The smallest absolute Gasteiger partial charge is 0.271 e. The number of amides is 1. The number of carbonyl (C=O) groups is 1. The van der Waals surface area contributed by atoms with Crippen molar-refractivity contribution in [2.45, 2.75) is 13.0 Å². The number of benzene rings is 2. The summed E-state index contributed by atoms with van der Waals surface area (Å²) >= 11 is 5.85. The maximum absolute atomic E-state index is 12.1. The van der Waals surface area contributed by atoms with Crippen molar-refractivity contribution in [3.63, 3.8) is 0 Å². The molecule has 2 rings (SSSR count). The van der Waals surface area contributed by atoms with Crippen LogP contribution in [0.15, 0.2) is 48.5 Å². The highest BCUT2D eigenvalue weighted by atomic mass is 35.5. The van der Waals surface area contributed by atoms with Crippen LogP contribution in [0.2, 0.25) is 5.02 Å². The number of nitrogens with one attached hydrogen (secondary N) is 2. The number of halogens is 1. The van der Waals surface area contributed by atoms with Crippen LogP contribution in [0, 0.1) is 10.1 Å². The van der Waals surface area contributed by atoms with E-state index in [0.29, 0.717) is 16.4 Å². The van der Waals surface area contributed by atoms with Gasteiger partial charge in [-0.2, -0.15) is 0 Å². The molecule has 0 aliphatic rings. The summed E-state index contributed by atoms with van der Waals surface area (Å²) in [7, 11) is 0. The predicted molar refractivity (Wildman–Crippen MR) is 86.3 cm³/mol. The summed E-state index contributed by atoms with van der Waals surface area (Å²) in [5, 5.41) is 16.9. The van der Waals surface area contributed by atoms with Crippen molar-refractivity contribution in [3.8, 4) is 0 Å². The van der Waals surface area contributed by atoms with E-state index in [-0.39, 0.29) is 11.6 Å². The highest BCUT2D eigenvalue weighted by molar-refractivity contribution is 6.30. The first-order chi connectivity index (χ1) is 10.5. The Morgan fingerprint density at radius 1 is 1.18 bits per heavy atom. The van der Waals surface area contributed by atoms with Gasteiger partial charge in [-0.15, -0.1) is 0 Å². The summed E-state index contributed by atoms with van der Waals surface area (Å²) < 4.78 is 0. The summed E-state index contributed by atoms with van der Waals surface area (Å²) in [6.45, 7) is 1.67. The monoisotopic (exact) mass is 319 g/mol. The molecule has 0 spiro atoms. The normalized spacial score (nSPS) is 11.5. The Kier molecular flexibility index (Phi) is 4.95. The molecule has 0 heterocycles. The van der Waals surface area contributed by atoms with Gasteiger partial charge in [0.1, 0.15) is 6.04 Å². The van der Waals surface area contributed by atoms with E-state index >= 15 is 0 Å². The minimum absolute atomic E-state index is 0.0348. The van der Waals surface area contributed by atoms with Crippen LogP contribution >= 0.6 is 11.6 Å². The molecule has 1 atom stereocenters. The number of anilines is 2. The Morgan fingerprint density at radius 2 is 1.86 bits per heavy atom. The third-order valence-corrected chi connectivity index (χ3v) is 3.16. The van der Waals surface area contributed by atoms with Crippen molar-refractivity contribution >= 4 is 34.6 Å². The van der Waals surface area contributed by atoms with Crippen molar-refractivity contribution in [1.29, 1.82) is 0 Å². The van der Waals surface area contributed by atoms with Gasteiger partial charge in [-0.05, 0) is 31.2 Å². The fourth-order valence-corrected chi connectivity index (χ4v) is 2.03. The number of nitrogens with zero attached hydrogens (tertiary/aromatic N) is 1. The lowest BCUT2D eigenvalue weighted by Crippen LogP contribution is -2.31. The Hall–Kier alpha value is -2.60. The number of nitro groups is 1. The number of hydrogen-bond donors (Lipinski definition) is 2. The standard InChI is InChI=1S/C15H14ClN3O3/c1-10(15(20)18-12-5-2-4-11(16)8-12)17-13-6-3-7-14(9-13)19(21)22/h2-10,17H,1H3,(H,18,20)/t10-/m1/s1. The zero-order valence-electron chi connectivity index (χ0n) is 11.7. The summed E-state index contributed by atoms with van der Waals surface area (Å²) in [5.74, 6) is -0.270. The molecular formula is C15H14ClN3O3. The van der Waals surface area contributed by atoms with Crippen molar-refractivity contribution in [3.05, 3.63) is 63.7 Å². The molecule has 6 nitrogen and oxygen atoms in total. The van der Waals surface area contributed by atoms with Gasteiger partial charge in [-0.25, -0.2) is 0 Å². The highest BCUT2D eigenvalue weighted by Crippen LogP contribution is 2.19. The van der Waals surface area contributed by atoms with Gasteiger partial charge in [0, 0.05) is 28.5 Å². The SMILES string of the molecule is C[C@@H](Nc1cccc([N+](=O)[O-])c1)C(=O)Nc1cccc(Cl)c1. The molecule has 2 aromatic rings. The van der Waals surface area contributed by atoms with Gasteiger partial charge in [-0.1, -0.05) is 23.7 Å². The molecule has 0 aliphatic heterocycles. The van der Waals surface area contributed by atoms with E-state index in [4.69, 9.17) is 11.6 Å². The average Bonchev–Trinajstić information content (AvgIpc) is 2.47. The van der Waals surface area contributed by atoms with Gasteiger partial charge in [0.05, 0.1) is 4.92 Å². The minimum Gasteiger partial charge on any atom is -0.374 e. The largest absolute Gasteiger partial charge is 0.374 e. The van der Waals surface area contributed by atoms with E-state index < -0.39 is 11.0 Å². The minimum atomic E-state index is -0.569. The first-order valence-electron chi connectivity index (χ1n) is 6.53. The summed E-state index contributed by atoms with van der Waals surface area (Å²) in [4.78, 5) is 22.3. The van der Waals surface area contributed by atoms with Gasteiger partial charge >= 0.3 is 0 Å². The van der Waals surface area contributed by atoms with Crippen LogP contribution in [-0.4, -0.2) is 16.9 Å². The maximum Gasteiger partial charge on any atom is 0.271 e. The van der Waals surface area contributed by atoms with Crippen molar-refractivity contribution in [1.82, 2.24) is 0 Å². The Morgan fingerprint density at radius 3 is 2.55 bits per heavy atom. The van der Waals surface area contributed by atoms with Gasteiger partial charge in [-0.3, -0.25) is 14.9 Å². The second kappa shape index (κ2) is 6.91. The van der Waals surface area contributed by atoms with E-state index in [1.54, 1.807) is 43.3 Å². The second-order valence-electron chi connectivity index (χ2n) is 4.67. The number of nitro benzene ring substituents is 1. The van der Waals surface area contributed by atoms with Gasteiger partial charge in [0.25, 0.3) is 5.69 Å². The fraction of sp³-hybridized carbons (Fsp3) is 0.133. The quantitative estimate of drug-likeness (QED) is 0.650. The maximum atomic E-state index is 12.1. The molecular weight excluding hydrogens is 306 g/mol. The zero-order chi connectivity index (χ0) is 16.1. The molecule has 22 heavy (non-hydrogen) atoms. The number of rotatable bonds is 5. The fourth-order valence-electron chi connectivity index (χ4n) is 1.84. The lowest BCUT2D eigenvalue weighted by atomic mass is 10.2. The molecule has 0 aliphatic carbocycles. The van der Waals surface area contributed by atoms with Crippen molar-refractivity contribution in [2.24, 2.45) is 0 Å². The molecule has 2 N–H and O–H groups in total.